The number of ether oxygens (including phenoxy) is 1. The lowest BCUT2D eigenvalue weighted by atomic mass is 10.1. The van der Waals surface area contributed by atoms with Crippen molar-refractivity contribution in [3.05, 3.63) is 29.8 Å². The second kappa shape index (κ2) is 5.87. The zero-order chi connectivity index (χ0) is 13.0. The van der Waals surface area contributed by atoms with Gasteiger partial charge in [0.05, 0.1) is 19.1 Å². The summed E-state index contributed by atoms with van der Waals surface area (Å²) >= 11 is 0. The van der Waals surface area contributed by atoms with Crippen molar-refractivity contribution < 1.29 is 14.6 Å². The number of carbonyl (C=O) groups is 1. The van der Waals surface area contributed by atoms with Crippen LogP contribution in [0.5, 0.6) is 0 Å². The van der Waals surface area contributed by atoms with Crippen LogP contribution in [0.2, 0.25) is 0 Å². The fourth-order valence-corrected chi connectivity index (χ4v) is 2.37. The second-order valence-corrected chi connectivity index (χ2v) is 4.52. The van der Waals surface area contributed by atoms with Crippen molar-refractivity contribution in [2.24, 2.45) is 0 Å². The molecular formula is C14H19NO3. The van der Waals surface area contributed by atoms with Gasteiger partial charge in [-0.1, -0.05) is 25.1 Å². The van der Waals surface area contributed by atoms with Crippen molar-refractivity contribution in [2.75, 3.05) is 24.6 Å². The van der Waals surface area contributed by atoms with Crippen LogP contribution in [-0.2, 0) is 16.0 Å². The maximum atomic E-state index is 10.7. The van der Waals surface area contributed by atoms with Crippen molar-refractivity contribution >= 4 is 11.7 Å². The van der Waals surface area contributed by atoms with Gasteiger partial charge in [-0.15, -0.1) is 0 Å². The Bertz CT molecular complexity index is 419. The highest BCUT2D eigenvalue weighted by Crippen LogP contribution is 2.23. The predicted octanol–water partition coefficient (Wildman–Crippen LogP) is 1.93. The largest absolute Gasteiger partial charge is 0.481 e. The smallest absolute Gasteiger partial charge is 0.306 e. The van der Waals surface area contributed by atoms with Crippen LogP contribution >= 0.6 is 0 Å². The van der Waals surface area contributed by atoms with Crippen LogP contribution < -0.4 is 4.90 Å². The van der Waals surface area contributed by atoms with Gasteiger partial charge in [0, 0.05) is 18.8 Å². The fourth-order valence-electron chi connectivity index (χ4n) is 2.37. The van der Waals surface area contributed by atoms with Crippen molar-refractivity contribution in [2.45, 2.75) is 25.9 Å². The molecule has 1 atom stereocenters. The fraction of sp³-hybridized carbons (Fsp3) is 0.500. The molecule has 1 unspecified atom stereocenters. The lowest BCUT2D eigenvalue weighted by Gasteiger charge is -2.35. The summed E-state index contributed by atoms with van der Waals surface area (Å²) in [7, 11) is 0. The summed E-state index contributed by atoms with van der Waals surface area (Å²) in [5.74, 6) is -0.800. The Kier molecular flexibility index (Phi) is 4.20. The Hall–Kier alpha value is -1.55. The molecule has 2 rings (SSSR count). The van der Waals surface area contributed by atoms with Gasteiger partial charge >= 0.3 is 5.97 Å². The van der Waals surface area contributed by atoms with Gasteiger partial charge in [-0.05, 0) is 18.1 Å². The molecule has 0 aromatic heterocycles. The molecule has 18 heavy (non-hydrogen) atoms. The van der Waals surface area contributed by atoms with Gasteiger partial charge in [0.2, 0.25) is 0 Å². The normalized spacial score (nSPS) is 19.8. The third-order valence-electron chi connectivity index (χ3n) is 3.25. The van der Waals surface area contributed by atoms with Crippen LogP contribution in [-0.4, -0.2) is 36.9 Å². The molecular weight excluding hydrogens is 230 g/mol. The van der Waals surface area contributed by atoms with Crippen molar-refractivity contribution in [3.63, 3.8) is 0 Å². The lowest BCUT2D eigenvalue weighted by molar-refractivity contribution is -0.140. The summed E-state index contributed by atoms with van der Waals surface area (Å²) < 4.78 is 5.49. The van der Waals surface area contributed by atoms with E-state index in [1.807, 2.05) is 12.1 Å². The summed E-state index contributed by atoms with van der Waals surface area (Å²) in [6.07, 6.45) is 0.850. The quantitative estimate of drug-likeness (QED) is 0.885. The minimum atomic E-state index is -0.800. The Labute approximate surface area is 107 Å². The first-order chi connectivity index (χ1) is 8.70. The molecule has 1 fully saturated rings. The zero-order valence-corrected chi connectivity index (χ0v) is 10.6. The van der Waals surface area contributed by atoms with Gasteiger partial charge in [0.25, 0.3) is 0 Å². The Morgan fingerprint density at radius 3 is 3.00 bits per heavy atom. The summed E-state index contributed by atoms with van der Waals surface area (Å²) in [6.45, 7) is 4.21. The number of carboxylic acids is 1. The van der Waals surface area contributed by atoms with Gasteiger partial charge in [-0.3, -0.25) is 4.79 Å². The molecule has 4 nitrogen and oxygen atoms in total. The van der Waals surface area contributed by atoms with Crippen LogP contribution in [0.1, 0.15) is 18.9 Å². The van der Waals surface area contributed by atoms with Gasteiger partial charge < -0.3 is 14.7 Å². The van der Waals surface area contributed by atoms with E-state index in [0.717, 1.165) is 13.0 Å². The number of benzene rings is 1. The Morgan fingerprint density at radius 1 is 1.50 bits per heavy atom. The number of nitrogens with zero attached hydrogens (tertiary/aromatic N) is 1. The monoisotopic (exact) mass is 249 g/mol. The number of carboxylic acid groups (broad SMARTS) is 1. The van der Waals surface area contributed by atoms with Gasteiger partial charge in [0.15, 0.2) is 0 Å². The van der Waals surface area contributed by atoms with Crippen molar-refractivity contribution in [1.82, 2.24) is 0 Å². The van der Waals surface area contributed by atoms with E-state index in [4.69, 9.17) is 9.84 Å². The molecule has 0 bridgehead atoms. The van der Waals surface area contributed by atoms with E-state index in [0.29, 0.717) is 13.2 Å². The SMILES string of the molecule is CCc1ccccc1N1CCOC(CC(=O)O)C1. The number of aryl methyl sites for hydroxylation is 1. The van der Waals surface area contributed by atoms with Crippen molar-refractivity contribution in [3.8, 4) is 0 Å². The summed E-state index contributed by atoms with van der Waals surface area (Å²) in [5, 5.41) is 8.82. The number of aliphatic carboxylic acids is 1. The highest BCUT2D eigenvalue weighted by atomic mass is 16.5. The first-order valence-corrected chi connectivity index (χ1v) is 6.37. The van der Waals surface area contributed by atoms with Crippen LogP contribution in [0.15, 0.2) is 24.3 Å². The highest BCUT2D eigenvalue weighted by Gasteiger charge is 2.23. The maximum Gasteiger partial charge on any atom is 0.306 e. The number of para-hydroxylation sites is 1. The van der Waals surface area contributed by atoms with E-state index in [9.17, 15) is 4.79 Å². The molecule has 98 valence electrons. The molecule has 1 aromatic carbocycles. The summed E-state index contributed by atoms with van der Waals surface area (Å²) in [4.78, 5) is 13.0. The molecule has 1 aliphatic heterocycles. The average molecular weight is 249 g/mol. The van der Waals surface area contributed by atoms with Crippen LogP contribution in [0.4, 0.5) is 5.69 Å². The molecule has 1 aliphatic rings. The molecule has 1 aromatic rings. The molecule has 0 amide bonds. The molecule has 1 heterocycles. The van der Waals surface area contributed by atoms with E-state index in [-0.39, 0.29) is 12.5 Å². The van der Waals surface area contributed by atoms with E-state index in [1.165, 1.54) is 11.3 Å². The van der Waals surface area contributed by atoms with E-state index < -0.39 is 5.97 Å². The van der Waals surface area contributed by atoms with Crippen LogP contribution in [0, 0.1) is 0 Å². The van der Waals surface area contributed by atoms with E-state index in [1.54, 1.807) is 0 Å². The third-order valence-corrected chi connectivity index (χ3v) is 3.25. The molecule has 1 saturated heterocycles. The first kappa shape index (κ1) is 12.9. The van der Waals surface area contributed by atoms with Crippen molar-refractivity contribution in [1.29, 1.82) is 0 Å². The molecule has 0 aliphatic carbocycles. The molecule has 4 heteroatoms. The number of rotatable bonds is 4. The van der Waals surface area contributed by atoms with Gasteiger partial charge in [0.1, 0.15) is 0 Å². The number of hydrogen-bond donors (Lipinski definition) is 1. The van der Waals surface area contributed by atoms with Gasteiger partial charge in [-0.2, -0.15) is 0 Å². The number of anilines is 1. The Morgan fingerprint density at radius 2 is 2.28 bits per heavy atom. The number of hydrogen-bond acceptors (Lipinski definition) is 3. The average Bonchev–Trinajstić information content (AvgIpc) is 2.38. The van der Waals surface area contributed by atoms with E-state index in [2.05, 4.69) is 24.0 Å². The maximum absolute atomic E-state index is 10.7. The third kappa shape index (κ3) is 3.01. The van der Waals surface area contributed by atoms with Crippen LogP contribution in [0.25, 0.3) is 0 Å². The first-order valence-electron chi connectivity index (χ1n) is 6.37. The minimum Gasteiger partial charge on any atom is -0.481 e. The lowest BCUT2D eigenvalue weighted by Crippen LogP contribution is -2.43. The standard InChI is InChI=1S/C14H19NO3/c1-2-11-5-3-4-6-13(11)15-7-8-18-12(10-15)9-14(16)17/h3-6,12H,2,7-10H2,1H3,(H,16,17). The molecule has 0 radical (unpaired) electrons. The summed E-state index contributed by atoms with van der Waals surface area (Å²) in [6, 6.07) is 8.28. The van der Waals surface area contributed by atoms with Gasteiger partial charge in [-0.25, -0.2) is 0 Å². The highest BCUT2D eigenvalue weighted by molar-refractivity contribution is 5.67. The van der Waals surface area contributed by atoms with E-state index >= 15 is 0 Å². The second-order valence-electron chi connectivity index (χ2n) is 4.52. The molecule has 0 spiro atoms. The topological polar surface area (TPSA) is 49.8 Å². The predicted molar refractivity (Wildman–Crippen MR) is 70.0 cm³/mol. The Balaban J connectivity index is 2.10. The minimum absolute atomic E-state index is 0.0742. The number of morpholine rings is 1. The summed E-state index contributed by atoms with van der Waals surface area (Å²) in [5.41, 5.74) is 2.51. The molecule has 1 N–H and O–H groups in total. The zero-order valence-electron chi connectivity index (χ0n) is 10.6. The van der Waals surface area contributed by atoms with Crippen LogP contribution in [0.3, 0.4) is 0 Å². The molecule has 0 saturated carbocycles.